The van der Waals surface area contributed by atoms with Crippen LogP contribution in [-0.2, 0) is 6.54 Å². The van der Waals surface area contributed by atoms with Gasteiger partial charge in [-0.05, 0) is 43.0 Å². The Morgan fingerprint density at radius 2 is 2.11 bits per heavy atom. The minimum absolute atomic E-state index is 0.0484. The molecular formula is C21H26N6O. The quantitative estimate of drug-likeness (QED) is 0.555. The van der Waals surface area contributed by atoms with E-state index in [1.807, 2.05) is 31.2 Å². The van der Waals surface area contributed by atoms with Gasteiger partial charge in [0.2, 0.25) is 0 Å². The van der Waals surface area contributed by atoms with Crippen molar-refractivity contribution in [2.75, 3.05) is 10.6 Å². The number of aliphatic hydroxyl groups excluding tert-OH is 1. The molecular weight excluding hydrogens is 352 g/mol. The van der Waals surface area contributed by atoms with E-state index in [4.69, 9.17) is 10.7 Å². The summed E-state index contributed by atoms with van der Waals surface area (Å²) < 4.78 is 0. The third kappa shape index (κ3) is 3.54. The first-order valence-electron chi connectivity index (χ1n) is 9.81. The van der Waals surface area contributed by atoms with Gasteiger partial charge in [0.05, 0.1) is 5.56 Å². The van der Waals surface area contributed by atoms with Crippen molar-refractivity contribution in [2.45, 2.75) is 57.5 Å². The summed E-state index contributed by atoms with van der Waals surface area (Å²) in [6.07, 6.45) is 3.34. The summed E-state index contributed by atoms with van der Waals surface area (Å²) in [5.41, 5.74) is 10.2. The van der Waals surface area contributed by atoms with E-state index >= 15 is 0 Å². The molecule has 7 nitrogen and oxygen atoms in total. The number of fused-ring (bicyclic) bond motifs is 1. The molecule has 0 spiro atoms. The van der Waals surface area contributed by atoms with Crippen LogP contribution in [0.2, 0.25) is 0 Å². The molecule has 0 saturated heterocycles. The lowest BCUT2D eigenvalue weighted by atomic mass is 9.91. The van der Waals surface area contributed by atoms with Crippen molar-refractivity contribution in [3.8, 4) is 6.07 Å². The van der Waals surface area contributed by atoms with Gasteiger partial charge >= 0.3 is 0 Å². The maximum absolute atomic E-state index is 10.4. The number of anilines is 3. The van der Waals surface area contributed by atoms with Crippen LogP contribution in [0.5, 0.6) is 0 Å². The number of benzene rings is 1. The number of nitrogens with zero attached hydrogens (tertiary/aromatic N) is 2. The third-order valence-electron chi connectivity index (χ3n) is 5.62. The summed E-state index contributed by atoms with van der Waals surface area (Å²) in [7, 11) is 0. The number of pyridine rings is 1. The number of nitrogens with one attached hydrogen (secondary N) is 3. The molecule has 28 heavy (non-hydrogen) atoms. The monoisotopic (exact) mass is 378 g/mol. The Kier molecular flexibility index (Phi) is 5.18. The first kappa shape index (κ1) is 18.7. The first-order valence-corrected chi connectivity index (χ1v) is 9.81. The van der Waals surface area contributed by atoms with E-state index < -0.39 is 6.23 Å². The fraction of sp³-hybridized carbons (Fsp3) is 0.429. The van der Waals surface area contributed by atoms with Gasteiger partial charge in [0.1, 0.15) is 23.9 Å². The number of rotatable bonds is 4. The van der Waals surface area contributed by atoms with Crippen molar-refractivity contribution in [3.05, 3.63) is 46.5 Å². The van der Waals surface area contributed by atoms with Gasteiger partial charge in [0.25, 0.3) is 0 Å². The van der Waals surface area contributed by atoms with E-state index in [-0.39, 0.29) is 12.1 Å². The van der Waals surface area contributed by atoms with Gasteiger partial charge in [0, 0.05) is 29.9 Å². The Bertz CT molecular complexity index is 922. The molecule has 4 rings (SSSR count). The van der Waals surface area contributed by atoms with Gasteiger partial charge in [0.15, 0.2) is 0 Å². The highest BCUT2D eigenvalue weighted by Gasteiger charge is 2.31. The van der Waals surface area contributed by atoms with Gasteiger partial charge < -0.3 is 21.5 Å². The Labute approximate surface area is 165 Å². The second-order valence-electron chi connectivity index (χ2n) is 7.67. The molecule has 3 unspecified atom stereocenters. The normalized spacial score (nSPS) is 23.7. The van der Waals surface area contributed by atoms with Gasteiger partial charge in [-0.25, -0.2) is 4.98 Å². The summed E-state index contributed by atoms with van der Waals surface area (Å²) in [6, 6.07) is 10.4. The van der Waals surface area contributed by atoms with Crippen LogP contribution in [0.15, 0.2) is 24.3 Å². The topological polar surface area (TPSA) is 119 Å². The maximum Gasteiger partial charge on any atom is 0.147 e. The Morgan fingerprint density at radius 3 is 2.86 bits per heavy atom. The molecule has 3 atom stereocenters. The van der Waals surface area contributed by atoms with E-state index in [9.17, 15) is 10.4 Å². The highest BCUT2D eigenvalue weighted by molar-refractivity contribution is 5.71. The highest BCUT2D eigenvalue weighted by Crippen LogP contribution is 2.37. The Morgan fingerprint density at radius 1 is 1.29 bits per heavy atom. The lowest BCUT2D eigenvalue weighted by molar-refractivity contribution is 0.152. The second-order valence-corrected chi connectivity index (χ2v) is 7.67. The molecule has 1 aromatic carbocycles. The molecule has 1 fully saturated rings. The van der Waals surface area contributed by atoms with Gasteiger partial charge in [-0.2, -0.15) is 5.26 Å². The predicted octanol–water partition coefficient (Wildman–Crippen LogP) is 2.78. The van der Waals surface area contributed by atoms with Crippen molar-refractivity contribution in [1.82, 2.24) is 10.3 Å². The van der Waals surface area contributed by atoms with E-state index in [2.05, 4.69) is 22.0 Å². The minimum atomic E-state index is -0.854. The van der Waals surface area contributed by atoms with Crippen molar-refractivity contribution in [1.29, 1.82) is 5.26 Å². The molecule has 2 aliphatic rings. The number of aliphatic hydroxyl groups is 1. The second kappa shape index (κ2) is 7.76. The van der Waals surface area contributed by atoms with E-state index in [1.54, 1.807) is 0 Å². The molecule has 146 valence electrons. The van der Waals surface area contributed by atoms with Crippen molar-refractivity contribution in [2.24, 2.45) is 5.73 Å². The first-order chi connectivity index (χ1) is 13.6. The zero-order valence-electron chi connectivity index (χ0n) is 16.0. The van der Waals surface area contributed by atoms with Crippen molar-refractivity contribution >= 4 is 17.3 Å². The van der Waals surface area contributed by atoms with Gasteiger partial charge in [-0.15, -0.1) is 0 Å². The average Bonchev–Trinajstić information content (AvgIpc) is 3.06. The molecule has 1 aliphatic carbocycles. The Balaban J connectivity index is 1.75. The predicted molar refractivity (Wildman–Crippen MR) is 109 cm³/mol. The number of hydrogen-bond acceptors (Lipinski definition) is 7. The molecule has 7 heteroatoms. The fourth-order valence-corrected chi connectivity index (χ4v) is 4.12. The van der Waals surface area contributed by atoms with Crippen molar-refractivity contribution in [3.63, 3.8) is 0 Å². The smallest absolute Gasteiger partial charge is 0.147 e. The van der Waals surface area contributed by atoms with Crippen LogP contribution in [-0.4, -0.2) is 22.2 Å². The van der Waals surface area contributed by atoms with Crippen LogP contribution in [0, 0.1) is 18.3 Å². The van der Waals surface area contributed by atoms with E-state index in [1.165, 1.54) is 0 Å². The van der Waals surface area contributed by atoms with Crippen LogP contribution in [0.25, 0.3) is 0 Å². The van der Waals surface area contributed by atoms with Crippen LogP contribution >= 0.6 is 0 Å². The molecule has 0 amide bonds. The maximum atomic E-state index is 10.4. The molecule has 1 aromatic heterocycles. The number of aromatic nitrogens is 1. The molecule has 2 heterocycles. The van der Waals surface area contributed by atoms with Crippen LogP contribution in [0.4, 0.5) is 17.3 Å². The zero-order chi connectivity index (χ0) is 19.7. The van der Waals surface area contributed by atoms with Crippen molar-refractivity contribution < 1.29 is 5.11 Å². The summed E-state index contributed by atoms with van der Waals surface area (Å²) in [6.45, 7) is 2.45. The molecule has 1 aliphatic heterocycles. The molecule has 0 radical (unpaired) electrons. The number of nitrogens with two attached hydrogens (primary N) is 1. The third-order valence-corrected chi connectivity index (χ3v) is 5.62. The van der Waals surface area contributed by atoms with Crippen LogP contribution in [0.1, 0.15) is 54.2 Å². The summed E-state index contributed by atoms with van der Waals surface area (Å²) in [4.78, 5) is 4.72. The van der Waals surface area contributed by atoms with E-state index in [0.717, 1.165) is 42.5 Å². The molecule has 2 aromatic rings. The van der Waals surface area contributed by atoms with Crippen LogP contribution < -0.4 is 21.7 Å². The fourth-order valence-electron chi connectivity index (χ4n) is 4.12. The highest BCUT2D eigenvalue weighted by atomic mass is 16.3. The Hall–Kier alpha value is -2.66. The lowest BCUT2D eigenvalue weighted by Gasteiger charge is -2.30. The zero-order valence-corrected chi connectivity index (χ0v) is 16.0. The minimum Gasteiger partial charge on any atom is -0.374 e. The largest absolute Gasteiger partial charge is 0.374 e. The standard InChI is InChI=1S/C21H26N6O/c1-12-5-4-6-13(9-12)25-20-18-15(11-24-21(18)28)14(10-22)19(27-20)26-17-8-3-2-7-16(17)23/h4-6,9,16-17,21,24,28H,2-3,7-8,11,23H2,1H3,(H2,25,26,27). The lowest BCUT2D eigenvalue weighted by Crippen LogP contribution is -2.43. The molecule has 0 bridgehead atoms. The number of aryl methyl sites for hydroxylation is 1. The summed E-state index contributed by atoms with van der Waals surface area (Å²) in [5, 5.41) is 30.0. The number of hydrogen-bond donors (Lipinski definition) is 5. The average molecular weight is 378 g/mol. The van der Waals surface area contributed by atoms with Gasteiger partial charge in [-0.3, -0.25) is 5.32 Å². The molecule has 6 N–H and O–H groups in total. The van der Waals surface area contributed by atoms with Gasteiger partial charge in [-0.1, -0.05) is 25.0 Å². The SMILES string of the molecule is Cc1cccc(Nc2nc(NC3CCCCC3N)c(C#N)c3c2C(O)NC3)c1. The molecule has 1 saturated carbocycles. The van der Waals surface area contributed by atoms with Crippen LogP contribution in [0.3, 0.4) is 0 Å². The van der Waals surface area contributed by atoms with E-state index in [0.29, 0.717) is 29.3 Å². The summed E-state index contributed by atoms with van der Waals surface area (Å²) in [5.74, 6) is 1.10. The number of nitriles is 1. The summed E-state index contributed by atoms with van der Waals surface area (Å²) >= 11 is 0.